The highest BCUT2D eigenvalue weighted by Gasteiger charge is 2.13. The summed E-state index contributed by atoms with van der Waals surface area (Å²) in [5.41, 5.74) is 0.922. The molecule has 1 aromatic rings. The molecule has 0 unspecified atom stereocenters. The van der Waals surface area contributed by atoms with E-state index < -0.39 is 16.0 Å². The van der Waals surface area contributed by atoms with E-state index in [1.807, 2.05) is 13.0 Å². The number of hydrogen-bond donors (Lipinski definition) is 2. The lowest BCUT2D eigenvalue weighted by Crippen LogP contribution is -2.26. The summed E-state index contributed by atoms with van der Waals surface area (Å²) in [7, 11) is -3.60. The maximum atomic E-state index is 11.8. The van der Waals surface area contributed by atoms with Gasteiger partial charge in [0.05, 0.1) is 11.3 Å². The van der Waals surface area contributed by atoms with Crippen LogP contribution in [0.5, 0.6) is 0 Å². The molecular weight excluding hydrogens is 242 g/mol. The van der Waals surface area contributed by atoms with Crippen molar-refractivity contribution in [1.29, 1.82) is 0 Å². The van der Waals surface area contributed by atoms with Crippen molar-refractivity contribution in [3.05, 3.63) is 29.8 Å². The van der Waals surface area contributed by atoms with Gasteiger partial charge in [0.15, 0.2) is 0 Å². The minimum atomic E-state index is -3.60. The van der Waals surface area contributed by atoms with E-state index in [2.05, 4.69) is 4.72 Å². The Kier molecular flexibility index (Phi) is 4.65. The molecule has 0 aliphatic carbocycles. The third kappa shape index (κ3) is 4.16. The number of nitrogens with one attached hydrogen (secondary N) is 1. The van der Waals surface area contributed by atoms with Crippen LogP contribution in [0.1, 0.15) is 18.9 Å². The van der Waals surface area contributed by atoms with Gasteiger partial charge in [-0.25, -0.2) is 13.1 Å². The summed E-state index contributed by atoms with van der Waals surface area (Å²) in [6, 6.07) is 6.59. The third-order valence-electron chi connectivity index (χ3n) is 2.25. The van der Waals surface area contributed by atoms with Crippen LogP contribution in [0.3, 0.4) is 0 Å². The van der Waals surface area contributed by atoms with Gasteiger partial charge in [-0.15, -0.1) is 0 Å². The lowest BCUT2D eigenvalue weighted by molar-refractivity contribution is -0.136. The van der Waals surface area contributed by atoms with Crippen LogP contribution in [0.15, 0.2) is 29.2 Å². The topological polar surface area (TPSA) is 83.5 Å². The Bertz CT molecular complexity index is 496. The molecule has 1 rings (SSSR count). The van der Waals surface area contributed by atoms with E-state index >= 15 is 0 Å². The second kappa shape index (κ2) is 5.79. The number of carbonyl (C=O) groups is 1. The molecule has 6 heteroatoms. The number of aryl methyl sites for hydroxylation is 1. The molecule has 0 fully saturated rings. The molecule has 0 saturated carbocycles. The van der Waals surface area contributed by atoms with Crippen molar-refractivity contribution in [2.45, 2.75) is 24.7 Å². The van der Waals surface area contributed by atoms with E-state index in [4.69, 9.17) is 5.11 Å². The van der Waals surface area contributed by atoms with Crippen molar-refractivity contribution >= 4 is 16.0 Å². The quantitative estimate of drug-likeness (QED) is 0.796. The highest BCUT2D eigenvalue weighted by molar-refractivity contribution is 7.89. The van der Waals surface area contributed by atoms with Crippen LogP contribution in [-0.4, -0.2) is 26.0 Å². The first-order valence-electron chi connectivity index (χ1n) is 5.26. The van der Waals surface area contributed by atoms with Crippen molar-refractivity contribution in [1.82, 2.24) is 4.72 Å². The number of aliphatic carboxylic acids is 1. The lowest BCUT2D eigenvalue weighted by Gasteiger charge is -2.06. The summed E-state index contributed by atoms with van der Waals surface area (Å²) in [5, 5.41) is 8.43. The van der Waals surface area contributed by atoms with E-state index in [0.29, 0.717) is 0 Å². The highest BCUT2D eigenvalue weighted by Crippen LogP contribution is 2.11. The van der Waals surface area contributed by atoms with Crippen LogP contribution in [-0.2, 0) is 21.2 Å². The SMILES string of the molecule is CCc1cccc(S(=O)(=O)NCCC(=O)O)c1. The van der Waals surface area contributed by atoms with Crippen LogP contribution in [0, 0.1) is 0 Å². The van der Waals surface area contributed by atoms with Crippen molar-refractivity contribution in [3.63, 3.8) is 0 Å². The van der Waals surface area contributed by atoms with Crippen molar-refractivity contribution in [3.8, 4) is 0 Å². The fourth-order valence-electron chi connectivity index (χ4n) is 1.31. The number of carboxylic acids is 1. The largest absolute Gasteiger partial charge is 0.481 e. The van der Waals surface area contributed by atoms with Gasteiger partial charge in [0.1, 0.15) is 0 Å². The first-order valence-corrected chi connectivity index (χ1v) is 6.74. The summed E-state index contributed by atoms with van der Waals surface area (Å²) in [4.78, 5) is 10.5. The van der Waals surface area contributed by atoms with Gasteiger partial charge < -0.3 is 5.11 Å². The van der Waals surface area contributed by atoms with Crippen LogP contribution >= 0.6 is 0 Å². The van der Waals surface area contributed by atoms with Gasteiger partial charge in [0.2, 0.25) is 10.0 Å². The molecule has 2 N–H and O–H groups in total. The molecule has 0 bridgehead atoms. The van der Waals surface area contributed by atoms with Crippen molar-refractivity contribution in [2.75, 3.05) is 6.54 Å². The van der Waals surface area contributed by atoms with Gasteiger partial charge in [-0.1, -0.05) is 19.1 Å². The second-order valence-electron chi connectivity index (χ2n) is 3.54. The number of carboxylic acid groups (broad SMARTS) is 1. The van der Waals surface area contributed by atoms with Crippen molar-refractivity contribution in [2.24, 2.45) is 0 Å². The minimum Gasteiger partial charge on any atom is -0.481 e. The Morgan fingerprint density at radius 1 is 1.41 bits per heavy atom. The molecule has 0 atom stereocenters. The third-order valence-corrected chi connectivity index (χ3v) is 3.71. The standard InChI is InChI=1S/C11H15NO4S/c1-2-9-4-3-5-10(8-9)17(15,16)12-7-6-11(13)14/h3-5,8,12H,2,6-7H2,1H3,(H,13,14). The molecule has 1 aromatic carbocycles. The molecule has 0 heterocycles. The Morgan fingerprint density at radius 3 is 2.71 bits per heavy atom. The van der Waals surface area contributed by atoms with Gasteiger partial charge in [-0.2, -0.15) is 0 Å². The molecule has 94 valence electrons. The van der Waals surface area contributed by atoms with Crippen molar-refractivity contribution < 1.29 is 18.3 Å². The van der Waals surface area contributed by atoms with E-state index in [0.717, 1.165) is 12.0 Å². The molecule has 0 radical (unpaired) electrons. The fraction of sp³-hybridized carbons (Fsp3) is 0.364. The predicted octanol–water partition coefficient (Wildman–Crippen LogP) is 1.00. The highest BCUT2D eigenvalue weighted by atomic mass is 32.2. The zero-order valence-corrected chi connectivity index (χ0v) is 10.3. The van der Waals surface area contributed by atoms with Gasteiger partial charge >= 0.3 is 5.97 Å². The molecule has 17 heavy (non-hydrogen) atoms. The number of benzene rings is 1. The fourth-order valence-corrected chi connectivity index (χ4v) is 2.41. The van der Waals surface area contributed by atoms with Gasteiger partial charge in [-0.3, -0.25) is 4.79 Å². The van der Waals surface area contributed by atoms with Gasteiger partial charge in [0.25, 0.3) is 0 Å². The van der Waals surface area contributed by atoms with E-state index in [-0.39, 0.29) is 17.9 Å². The smallest absolute Gasteiger partial charge is 0.304 e. The van der Waals surface area contributed by atoms with Gasteiger partial charge in [0, 0.05) is 6.54 Å². The molecule has 0 aliphatic rings. The van der Waals surface area contributed by atoms with Crippen LogP contribution in [0.4, 0.5) is 0 Å². The molecule has 5 nitrogen and oxygen atoms in total. The van der Waals surface area contributed by atoms with Crippen LogP contribution in [0.25, 0.3) is 0 Å². The number of hydrogen-bond acceptors (Lipinski definition) is 3. The van der Waals surface area contributed by atoms with Crippen LogP contribution in [0.2, 0.25) is 0 Å². The summed E-state index contributed by atoms with van der Waals surface area (Å²) in [5.74, 6) is -1.03. The Morgan fingerprint density at radius 2 is 2.12 bits per heavy atom. The van der Waals surface area contributed by atoms with E-state index in [9.17, 15) is 13.2 Å². The number of rotatable bonds is 6. The maximum Gasteiger partial charge on any atom is 0.304 e. The van der Waals surface area contributed by atoms with E-state index in [1.165, 1.54) is 6.07 Å². The van der Waals surface area contributed by atoms with E-state index in [1.54, 1.807) is 12.1 Å². The summed E-state index contributed by atoms with van der Waals surface area (Å²) in [6.45, 7) is 1.83. The lowest BCUT2D eigenvalue weighted by atomic mass is 10.2. The second-order valence-corrected chi connectivity index (χ2v) is 5.31. The Hall–Kier alpha value is -1.40. The molecule has 0 aromatic heterocycles. The molecular formula is C11H15NO4S. The predicted molar refractivity (Wildman–Crippen MR) is 63.3 cm³/mol. The normalized spacial score (nSPS) is 11.4. The zero-order valence-electron chi connectivity index (χ0n) is 9.51. The number of sulfonamides is 1. The molecule has 0 saturated heterocycles. The Labute approximate surface area is 101 Å². The minimum absolute atomic E-state index is 0.103. The van der Waals surface area contributed by atoms with Crippen LogP contribution < -0.4 is 4.72 Å². The summed E-state index contributed by atoms with van der Waals surface area (Å²) < 4.78 is 25.8. The first-order chi connectivity index (χ1) is 7.95. The van der Waals surface area contributed by atoms with Gasteiger partial charge in [-0.05, 0) is 24.1 Å². The molecule has 0 spiro atoms. The molecule has 0 aliphatic heterocycles. The average molecular weight is 257 g/mol. The zero-order chi connectivity index (χ0) is 12.9. The summed E-state index contributed by atoms with van der Waals surface area (Å²) in [6.07, 6.45) is 0.519. The first kappa shape index (κ1) is 13.7. The monoisotopic (exact) mass is 257 g/mol. The Balaban J connectivity index is 2.78. The molecule has 0 amide bonds. The summed E-state index contributed by atoms with van der Waals surface area (Å²) >= 11 is 0. The average Bonchev–Trinajstić information content (AvgIpc) is 2.28. The maximum absolute atomic E-state index is 11.8.